The number of aromatic hydroxyl groups is 1. The fraction of sp³-hybridized carbons (Fsp3) is 0.214. The van der Waals surface area contributed by atoms with Gasteiger partial charge in [0.25, 0.3) is 5.56 Å². The third-order valence-corrected chi connectivity index (χ3v) is 3.44. The minimum Gasteiger partial charge on any atom is -0.506 e. The van der Waals surface area contributed by atoms with Crippen molar-refractivity contribution >= 4 is 17.6 Å². The summed E-state index contributed by atoms with van der Waals surface area (Å²) in [5.74, 6) is -1.31. The molecule has 6 nitrogen and oxygen atoms in total. The zero-order valence-corrected chi connectivity index (χ0v) is 12.0. The lowest BCUT2D eigenvalue weighted by Gasteiger charge is -2.11. The molecular weight excluding hydrogens is 296 g/mol. The summed E-state index contributed by atoms with van der Waals surface area (Å²) in [5.41, 5.74) is 0.793. The van der Waals surface area contributed by atoms with Crippen molar-refractivity contribution in [1.82, 2.24) is 9.78 Å². The summed E-state index contributed by atoms with van der Waals surface area (Å²) >= 11 is 6.02. The molecule has 0 aliphatic carbocycles. The maximum absolute atomic E-state index is 12.0. The standard InChI is InChI=1S/C14H13ClN2O4/c1-8-9(15)3-2-4-11(8)17-13(19)7-12(18)10(16-17)5-6-14(20)21/h2-4,7,18H,5-6H2,1H3,(H,20,21). The molecule has 110 valence electrons. The predicted molar refractivity (Wildman–Crippen MR) is 77.2 cm³/mol. The Kier molecular flexibility index (Phi) is 4.28. The van der Waals surface area contributed by atoms with Gasteiger partial charge in [-0.05, 0) is 24.6 Å². The molecule has 0 atom stereocenters. The number of carboxylic acids is 1. The predicted octanol–water partition coefficient (Wildman–Crippen LogP) is 1.92. The number of rotatable bonds is 4. The van der Waals surface area contributed by atoms with Crippen LogP contribution in [0, 0.1) is 6.92 Å². The summed E-state index contributed by atoms with van der Waals surface area (Å²) in [5, 5.41) is 22.9. The Hall–Kier alpha value is -2.34. The van der Waals surface area contributed by atoms with Gasteiger partial charge in [0.05, 0.1) is 12.1 Å². The Morgan fingerprint density at radius 1 is 1.43 bits per heavy atom. The zero-order valence-electron chi connectivity index (χ0n) is 11.2. The van der Waals surface area contributed by atoms with Crippen LogP contribution < -0.4 is 5.56 Å². The number of aliphatic carboxylic acids is 1. The topological polar surface area (TPSA) is 92.4 Å². The van der Waals surface area contributed by atoms with Gasteiger partial charge in [0.15, 0.2) is 0 Å². The number of aromatic nitrogens is 2. The van der Waals surface area contributed by atoms with E-state index in [4.69, 9.17) is 16.7 Å². The van der Waals surface area contributed by atoms with Crippen LogP contribution in [-0.2, 0) is 11.2 Å². The first-order valence-electron chi connectivity index (χ1n) is 6.19. The van der Waals surface area contributed by atoms with Crippen LogP contribution in [0.15, 0.2) is 29.1 Å². The molecule has 0 radical (unpaired) electrons. The van der Waals surface area contributed by atoms with Gasteiger partial charge in [0.2, 0.25) is 0 Å². The van der Waals surface area contributed by atoms with Crippen LogP contribution in [0.1, 0.15) is 17.7 Å². The Morgan fingerprint density at radius 3 is 2.81 bits per heavy atom. The zero-order chi connectivity index (χ0) is 15.6. The second-order valence-corrected chi connectivity index (χ2v) is 4.91. The summed E-state index contributed by atoms with van der Waals surface area (Å²) in [6, 6.07) is 6.07. The van der Waals surface area contributed by atoms with E-state index in [-0.39, 0.29) is 24.3 Å². The Bertz CT molecular complexity index is 755. The number of hydrogen-bond donors (Lipinski definition) is 2. The minimum atomic E-state index is -1.01. The lowest BCUT2D eigenvalue weighted by Crippen LogP contribution is -2.22. The molecule has 2 rings (SSSR count). The van der Waals surface area contributed by atoms with Gasteiger partial charge in [-0.15, -0.1) is 0 Å². The molecule has 0 spiro atoms. The normalized spacial score (nSPS) is 10.6. The smallest absolute Gasteiger partial charge is 0.303 e. The molecule has 0 saturated heterocycles. The second kappa shape index (κ2) is 5.97. The van der Waals surface area contributed by atoms with Crippen molar-refractivity contribution in [2.45, 2.75) is 19.8 Å². The van der Waals surface area contributed by atoms with Crippen molar-refractivity contribution in [2.24, 2.45) is 0 Å². The third-order valence-electron chi connectivity index (χ3n) is 3.03. The van der Waals surface area contributed by atoms with Crippen LogP contribution in [0.25, 0.3) is 5.69 Å². The monoisotopic (exact) mass is 308 g/mol. The summed E-state index contributed by atoms with van der Waals surface area (Å²) < 4.78 is 1.11. The molecule has 0 saturated carbocycles. The number of halogens is 1. The Morgan fingerprint density at radius 2 is 2.14 bits per heavy atom. The van der Waals surface area contributed by atoms with Gasteiger partial charge in [-0.2, -0.15) is 9.78 Å². The van der Waals surface area contributed by atoms with Crippen LogP contribution in [0.4, 0.5) is 0 Å². The van der Waals surface area contributed by atoms with Gasteiger partial charge in [-0.25, -0.2) is 0 Å². The first-order valence-corrected chi connectivity index (χ1v) is 6.57. The van der Waals surface area contributed by atoms with E-state index in [1.807, 2.05) is 0 Å². The van der Waals surface area contributed by atoms with E-state index < -0.39 is 11.5 Å². The number of hydrogen-bond acceptors (Lipinski definition) is 4. The van der Waals surface area contributed by atoms with Crippen molar-refractivity contribution in [3.8, 4) is 11.4 Å². The van der Waals surface area contributed by atoms with Gasteiger partial charge < -0.3 is 10.2 Å². The molecule has 1 aromatic carbocycles. The minimum absolute atomic E-state index is 0.0288. The molecule has 0 amide bonds. The maximum Gasteiger partial charge on any atom is 0.303 e. The van der Waals surface area contributed by atoms with Gasteiger partial charge in [0.1, 0.15) is 11.4 Å². The van der Waals surface area contributed by atoms with E-state index in [1.54, 1.807) is 25.1 Å². The summed E-state index contributed by atoms with van der Waals surface area (Å²) in [6.07, 6.45) is -0.158. The van der Waals surface area contributed by atoms with Crippen molar-refractivity contribution in [2.75, 3.05) is 0 Å². The summed E-state index contributed by atoms with van der Waals surface area (Å²) in [6.45, 7) is 1.75. The van der Waals surface area contributed by atoms with Gasteiger partial charge in [-0.1, -0.05) is 17.7 Å². The quantitative estimate of drug-likeness (QED) is 0.900. The van der Waals surface area contributed by atoms with Crippen LogP contribution in [-0.4, -0.2) is 26.0 Å². The molecule has 0 fully saturated rings. The van der Waals surface area contributed by atoms with E-state index in [9.17, 15) is 14.7 Å². The largest absolute Gasteiger partial charge is 0.506 e. The summed E-state index contributed by atoms with van der Waals surface area (Å²) in [7, 11) is 0. The number of nitrogens with zero attached hydrogens (tertiary/aromatic N) is 2. The highest BCUT2D eigenvalue weighted by atomic mass is 35.5. The molecule has 7 heteroatoms. The molecule has 0 bridgehead atoms. The van der Waals surface area contributed by atoms with Gasteiger partial charge >= 0.3 is 5.97 Å². The fourth-order valence-corrected chi connectivity index (χ4v) is 2.05. The average molecular weight is 309 g/mol. The van der Waals surface area contributed by atoms with Crippen molar-refractivity contribution in [3.05, 3.63) is 50.9 Å². The van der Waals surface area contributed by atoms with Crippen molar-refractivity contribution in [3.63, 3.8) is 0 Å². The number of benzene rings is 1. The van der Waals surface area contributed by atoms with Crippen LogP contribution in [0.5, 0.6) is 5.75 Å². The van der Waals surface area contributed by atoms with Gasteiger partial charge in [0, 0.05) is 17.5 Å². The van der Waals surface area contributed by atoms with Crippen molar-refractivity contribution < 1.29 is 15.0 Å². The molecule has 2 N–H and O–H groups in total. The van der Waals surface area contributed by atoms with E-state index in [0.29, 0.717) is 16.3 Å². The number of aryl methyl sites for hydroxylation is 1. The second-order valence-electron chi connectivity index (χ2n) is 4.50. The highest BCUT2D eigenvalue weighted by Crippen LogP contribution is 2.21. The first-order chi connectivity index (χ1) is 9.90. The average Bonchev–Trinajstić information content (AvgIpc) is 2.41. The van der Waals surface area contributed by atoms with Crippen molar-refractivity contribution in [1.29, 1.82) is 0 Å². The maximum atomic E-state index is 12.0. The fourth-order valence-electron chi connectivity index (χ4n) is 1.88. The van der Waals surface area contributed by atoms with Crippen LogP contribution in [0.2, 0.25) is 5.02 Å². The lowest BCUT2D eigenvalue weighted by molar-refractivity contribution is -0.136. The highest BCUT2D eigenvalue weighted by molar-refractivity contribution is 6.31. The SMILES string of the molecule is Cc1c(Cl)cccc1-n1nc(CCC(=O)O)c(O)cc1=O. The van der Waals surface area contributed by atoms with Crippen LogP contribution in [0.3, 0.4) is 0 Å². The molecule has 0 aliphatic rings. The number of carbonyl (C=O) groups is 1. The molecule has 0 unspecified atom stereocenters. The third kappa shape index (κ3) is 3.22. The summed E-state index contributed by atoms with van der Waals surface area (Å²) in [4.78, 5) is 22.6. The van der Waals surface area contributed by atoms with E-state index in [2.05, 4.69) is 5.10 Å². The lowest BCUT2D eigenvalue weighted by atomic mass is 10.2. The number of carboxylic acid groups (broad SMARTS) is 1. The molecule has 0 aliphatic heterocycles. The molecule has 1 heterocycles. The Balaban J connectivity index is 2.53. The Labute approximate surface area is 125 Å². The van der Waals surface area contributed by atoms with Gasteiger partial charge in [-0.3, -0.25) is 9.59 Å². The molecule has 2 aromatic rings. The molecule has 21 heavy (non-hydrogen) atoms. The van der Waals surface area contributed by atoms with E-state index in [0.717, 1.165) is 10.7 Å². The highest BCUT2D eigenvalue weighted by Gasteiger charge is 2.13. The molecule has 1 aromatic heterocycles. The molecular formula is C14H13ClN2O4. The first kappa shape index (κ1) is 15.1. The van der Waals surface area contributed by atoms with E-state index >= 15 is 0 Å². The van der Waals surface area contributed by atoms with Crippen LogP contribution >= 0.6 is 11.6 Å². The van der Waals surface area contributed by atoms with E-state index in [1.165, 1.54) is 0 Å².